The second kappa shape index (κ2) is 2.93. The maximum Gasteiger partial charge on any atom is 0.396 e. The van der Waals surface area contributed by atoms with Crippen molar-refractivity contribution in [2.45, 2.75) is 19.4 Å². The van der Waals surface area contributed by atoms with Crippen molar-refractivity contribution in [3.05, 3.63) is 33.5 Å². The van der Waals surface area contributed by atoms with Gasteiger partial charge in [0.15, 0.2) is 0 Å². The molecular weight excluding hydrogens is 198 g/mol. The Morgan fingerprint density at radius 3 is 2.79 bits per heavy atom. The monoisotopic (exact) mass is 209 g/mol. The van der Waals surface area contributed by atoms with E-state index in [2.05, 4.69) is 0 Å². The van der Waals surface area contributed by atoms with E-state index in [1.807, 2.05) is 32.0 Å². The Hall–Kier alpha value is -1.13. The molecule has 1 aromatic heterocycles. The molecule has 1 heterocycles. The number of nitrogens with two attached hydrogens (primary N) is 1. The lowest BCUT2D eigenvalue weighted by Gasteiger charge is -2.18. The molecule has 0 bridgehead atoms. The van der Waals surface area contributed by atoms with E-state index in [-0.39, 0.29) is 4.94 Å². The summed E-state index contributed by atoms with van der Waals surface area (Å²) in [4.78, 5) is 10.7. The van der Waals surface area contributed by atoms with Gasteiger partial charge in [0.25, 0.3) is 0 Å². The molecule has 0 atom stereocenters. The normalized spacial score (nSPS) is 12.2. The van der Waals surface area contributed by atoms with Gasteiger partial charge in [-0.05, 0) is 31.5 Å². The van der Waals surface area contributed by atoms with Gasteiger partial charge in [-0.3, -0.25) is 0 Å². The Morgan fingerprint density at radius 1 is 1.43 bits per heavy atom. The van der Waals surface area contributed by atoms with Crippen molar-refractivity contribution in [1.82, 2.24) is 0 Å². The number of hydrogen-bond donors (Lipinski definition) is 1. The fourth-order valence-corrected chi connectivity index (χ4v) is 1.92. The number of benzene rings is 1. The fourth-order valence-electron chi connectivity index (χ4n) is 1.27. The van der Waals surface area contributed by atoms with Gasteiger partial charge in [-0.25, -0.2) is 4.79 Å². The van der Waals surface area contributed by atoms with Crippen LogP contribution in [-0.4, -0.2) is 0 Å². The van der Waals surface area contributed by atoms with Crippen LogP contribution < -0.4 is 10.7 Å². The Morgan fingerprint density at radius 2 is 2.14 bits per heavy atom. The maximum absolute atomic E-state index is 11.0. The molecule has 0 spiro atoms. The number of fused-ring (bicyclic) bond motifs is 1. The van der Waals surface area contributed by atoms with Crippen molar-refractivity contribution in [2.75, 3.05) is 0 Å². The molecule has 0 aliphatic heterocycles. The molecule has 4 heteroatoms. The summed E-state index contributed by atoms with van der Waals surface area (Å²) >= 11 is 1.11. The molecule has 0 fully saturated rings. The van der Waals surface area contributed by atoms with Crippen LogP contribution in [0.1, 0.15) is 19.4 Å². The van der Waals surface area contributed by atoms with Crippen molar-refractivity contribution in [3.8, 4) is 0 Å². The molecule has 74 valence electrons. The summed E-state index contributed by atoms with van der Waals surface area (Å²) in [6.45, 7) is 3.83. The molecule has 0 saturated heterocycles. The van der Waals surface area contributed by atoms with Gasteiger partial charge in [-0.2, -0.15) is 0 Å². The molecule has 14 heavy (non-hydrogen) atoms. The zero-order valence-electron chi connectivity index (χ0n) is 8.03. The Labute approximate surface area is 85.2 Å². The first kappa shape index (κ1) is 9.43. The van der Waals surface area contributed by atoms with Crippen LogP contribution in [0.25, 0.3) is 10.3 Å². The molecular formula is C10H11NO2S. The first-order valence-electron chi connectivity index (χ1n) is 4.30. The molecule has 2 aromatic rings. The van der Waals surface area contributed by atoms with Gasteiger partial charge >= 0.3 is 4.94 Å². The average Bonchev–Trinajstić information content (AvgIpc) is 2.41. The summed E-state index contributed by atoms with van der Waals surface area (Å²) in [5.74, 6) is 0. The van der Waals surface area contributed by atoms with E-state index >= 15 is 0 Å². The largest absolute Gasteiger partial charge is 0.414 e. The third kappa shape index (κ3) is 1.58. The van der Waals surface area contributed by atoms with Crippen molar-refractivity contribution >= 4 is 21.6 Å². The molecule has 0 radical (unpaired) electrons. The lowest BCUT2D eigenvalue weighted by Crippen LogP contribution is -2.28. The summed E-state index contributed by atoms with van der Waals surface area (Å²) in [7, 11) is 0. The third-order valence-electron chi connectivity index (χ3n) is 2.07. The molecule has 0 aliphatic rings. The minimum absolute atomic E-state index is 0.271. The van der Waals surface area contributed by atoms with Crippen LogP contribution in [0.2, 0.25) is 0 Å². The van der Waals surface area contributed by atoms with E-state index in [0.717, 1.165) is 21.6 Å². The number of rotatable bonds is 1. The Kier molecular flexibility index (Phi) is 1.97. The highest BCUT2D eigenvalue weighted by molar-refractivity contribution is 7.16. The summed E-state index contributed by atoms with van der Waals surface area (Å²) in [5.41, 5.74) is 7.12. The zero-order chi connectivity index (χ0) is 10.3. The van der Waals surface area contributed by atoms with Crippen LogP contribution in [0.4, 0.5) is 0 Å². The summed E-state index contributed by atoms with van der Waals surface area (Å²) in [6.07, 6.45) is 0. The van der Waals surface area contributed by atoms with E-state index < -0.39 is 5.54 Å². The molecule has 0 unspecified atom stereocenters. The Bertz CT molecular complexity index is 519. The quantitative estimate of drug-likeness (QED) is 0.782. The molecule has 2 N–H and O–H groups in total. The summed E-state index contributed by atoms with van der Waals surface area (Å²) in [6, 6.07) is 5.62. The van der Waals surface area contributed by atoms with Gasteiger partial charge in [0.1, 0.15) is 5.58 Å². The van der Waals surface area contributed by atoms with Crippen LogP contribution in [0.15, 0.2) is 27.4 Å². The molecule has 1 aromatic carbocycles. The standard InChI is InChI=1S/C10H11NO2S/c1-10(2,11)6-3-4-8-7(5-6)13-9(12)14-8/h3-5H,11H2,1-2H3. The molecule has 0 saturated carbocycles. The fraction of sp³-hybridized carbons (Fsp3) is 0.300. The van der Waals surface area contributed by atoms with Gasteiger partial charge in [0, 0.05) is 5.54 Å². The predicted octanol–water partition coefficient (Wildman–Crippen LogP) is 2.05. The summed E-state index contributed by atoms with van der Waals surface area (Å²) < 4.78 is 5.88. The second-order valence-corrected chi connectivity index (χ2v) is 4.81. The number of hydrogen-bond acceptors (Lipinski definition) is 4. The van der Waals surface area contributed by atoms with E-state index in [1.54, 1.807) is 0 Å². The van der Waals surface area contributed by atoms with Gasteiger partial charge in [0.2, 0.25) is 0 Å². The lowest BCUT2D eigenvalue weighted by atomic mass is 9.96. The van der Waals surface area contributed by atoms with Gasteiger partial charge in [0.05, 0.1) is 4.70 Å². The average molecular weight is 209 g/mol. The highest BCUT2D eigenvalue weighted by Gasteiger charge is 2.15. The van der Waals surface area contributed by atoms with Crippen molar-refractivity contribution in [2.24, 2.45) is 5.73 Å². The SMILES string of the molecule is CC(C)(N)c1ccc2sc(=O)oc2c1. The van der Waals surface area contributed by atoms with Crippen LogP contribution >= 0.6 is 11.3 Å². The maximum atomic E-state index is 11.0. The minimum atomic E-state index is -0.408. The van der Waals surface area contributed by atoms with E-state index in [9.17, 15) is 4.79 Å². The van der Waals surface area contributed by atoms with Crippen LogP contribution in [0, 0.1) is 0 Å². The van der Waals surface area contributed by atoms with Crippen LogP contribution in [0.5, 0.6) is 0 Å². The molecule has 0 aliphatic carbocycles. The van der Waals surface area contributed by atoms with Gasteiger partial charge in [-0.15, -0.1) is 0 Å². The zero-order valence-corrected chi connectivity index (χ0v) is 8.85. The van der Waals surface area contributed by atoms with Crippen LogP contribution in [0.3, 0.4) is 0 Å². The topological polar surface area (TPSA) is 56.2 Å². The summed E-state index contributed by atoms with van der Waals surface area (Å²) in [5, 5.41) is 0. The highest BCUT2D eigenvalue weighted by Crippen LogP contribution is 2.23. The lowest BCUT2D eigenvalue weighted by molar-refractivity contribution is 0.548. The second-order valence-electron chi connectivity index (χ2n) is 3.84. The molecule has 2 rings (SSSR count). The predicted molar refractivity (Wildman–Crippen MR) is 57.6 cm³/mol. The van der Waals surface area contributed by atoms with E-state index in [4.69, 9.17) is 10.2 Å². The molecule has 0 amide bonds. The minimum Gasteiger partial charge on any atom is -0.414 e. The van der Waals surface area contributed by atoms with Gasteiger partial charge in [-0.1, -0.05) is 17.4 Å². The third-order valence-corrected chi connectivity index (χ3v) is 2.88. The van der Waals surface area contributed by atoms with Crippen molar-refractivity contribution in [1.29, 1.82) is 0 Å². The van der Waals surface area contributed by atoms with E-state index in [1.165, 1.54) is 0 Å². The first-order valence-corrected chi connectivity index (χ1v) is 5.11. The Balaban J connectivity index is 2.67. The van der Waals surface area contributed by atoms with E-state index in [0.29, 0.717) is 5.58 Å². The van der Waals surface area contributed by atoms with Crippen molar-refractivity contribution in [3.63, 3.8) is 0 Å². The first-order chi connectivity index (χ1) is 6.47. The smallest absolute Gasteiger partial charge is 0.396 e. The van der Waals surface area contributed by atoms with Crippen molar-refractivity contribution < 1.29 is 4.42 Å². The van der Waals surface area contributed by atoms with Crippen LogP contribution in [-0.2, 0) is 5.54 Å². The van der Waals surface area contributed by atoms with Gasteiger partial charge < -0.3 is 10.2 Å². The molecule has 3 nitrogen and oxygen atoms in total. The highest BCUT2D eigenvalue weighted by atomic mass is 32.1.